The first-order chi connectivity index (χ1) is 11.5. The fourth-order valence-electron chi connectivity index (χ4n) is 3.14. The lowest BCUT2D eigenvalue weighted by Crippen LogP contribution is -2.41. The van der Waals surface area contributed by atoms with Gasteiger partial charge in [0.25, 0.3) is 5.56 Å². The zero-order chi connectivity index (χ0) is 17.3. The van der Waals surface area contributed by atoms with Gasteiger partial charge in [-0.15, -0.1) is 0 Å². The van der Waals surface area contributed by atoms with Crippen molar-refractivity contribution in [1.82, 2.24) is 14.5 Å². The Hall–Kier alpha value is -2.90. The summed E-state index contributed by atoms with van der Waals surface area (Å²) in [5.74, 6) is -1.31. The van der Waals surface area contributed by atoms with Crippen molar-refractivity contribution in [3.05, 3.63) is 45.1 Å². The van der Waals surface area contributed by atoms with Gasteiger partial charge in [0.15, 0.2) is 0 Å². The van der Waals surface area contributed by atoms with Gasteiger partial charge < -0.3 is 10.0 Å². The van der Waals surface area contributed by atoms with Gasteiger partial charge in [-0.05, 0) is 25.0 Å². The summed E-state index contributed by atoms with van der Waals surface area (Å²) in [5, 5.41) is 9.51. The molecule has 1 aromatic heterocycles. The number of carbonyl (C=O) groups excluding carboxylic acids is 1. The summed E-state index contributed by atoms with van der Waals surface area (Å²) in [6, 6.07) is 5.86. The third-order valence-electron chi connectivity index (χ3n) is 4.31. The molecule has 2 aromatic rings. The van der Waals surface area contributed by atoms with E-state index >= 15 is 0 Å². The lowest BCUT2D eigenvalue weighted by Gasteiger charge is -2.21. The molecule has 2 heterocycles. The van der Waals surface area contributed by atoms with Gasteiger partial charge in [0, 0.05) is 19.5 Å². The maximum Gasteiger partial charge on any atom is 0.328 e. The molecule has 0 bridgehead atoms. The van der Waals surface area contributed by atoms with Crippen molar-refractivity contribution in [3.8, 4) is 0 Å². The molecule has 1 atom stereocenters. The number of aryl methyl sites for hydroxylation is 1. The van der Waals surface area contributed by atoms with Gasteiger partial charge >= 0.3 is 11.7 Å². The van der Waals surface area contributed by atoms with Crippen LogP contribution >= 0.6 is 0 Å². The molecule has 1 aliphatic heterocycles. The first kappa shape index (κ1) is 16.0. The summed E-state index contributed by atoms with van der Waals surface area (Å²) in [4.78, 5) is 50.9. The highest BCUT2D eigenvalue weighted by Gasteiger charge is 2.33. The molecule has 126 valence electrons. The average Bonchev–Trinajstić information content (AvgIpc) is 3.04. The number of aromatic nitrogens is 2. The normalized spacial score (nSPS) is 17.3. The molecule has 2 N–H and O–H groups in total. The maximum absolute atomic E-state index is 12.3. The number of fused-ring (bicyclic) bond motifs is 1. The van der Waals surface area contributed by atoms with E-state index in [9.17, 15) is 19.2 Å². The van der Waals surface area contributed by atoms with Gasteiger partial charge in [0.1, 0.15) is 6.04 Å². The summed E-state index contributed by atoms with van der Waals surface area (Å²) in [6.45, 7) is 0.495. The molecule has 0 unspecified atom stereocenters. The van der Waals surface area contributed by atoms with Gasteiger partial charge in [-0.25, -0.2) is 9.59 Å². The van der Waals surface area contributed by atoms with E-state index < -0.39 is 23.3 Å². The van der Waals surface area contributed by atoms with E-state index in [1.54, 1.807) is 24.3 Å². The van der Waals surface area contributed by atoms with Crippen molar-refractivity contribution in [2.24, 2.45) is 0 Å². The number of amides is 1. The van der Waals surface area contributed by atoms with Crippen molar-refractivity contribution >= 4 is 22.8 Å². The van der Waals surface area contributed by atoms with Crippen LogP contribution in [0.5, 0.6) is 0 Å². The number of nitrogens with zero attached hydrogens (tertiary/aromatic N) is 2. The Morgan fingerprint density at radius 1 is 1.25 bits per heavy atom. The van der Waals surface area contributed by atoms with Crippen molar-refractivity contribution in [2.45, 2.75) is 31.8 Å². The van der Waals surface area contributed by atoms with E-state index in [-0.39, 0.29) is 18.9 Å². The number of nitrogens with one attached hydrogen (secondary N) is 1. The SMILES string of the molecule is O=C(O)[C@H]1CCCN1C(=O)CCn1c(=O)[nH]c(=O)c2ccccc21. The molecule has 0 saturated carbocycles. The predicted octanol–water partition coefficient (Wildman–Crippen LogP) is 0.156. The van der Waals surface area contributed by atoms with Crippen LogP contribution in [0.25, 0.3) is 10.9 Å². The third kappa shape index (κ3) is 2.82. The zero-order valence-electron chi connectivity index (χ0n) is 12.9. The number of rotatable bonds is 4. The summed E-state index contributed by atoms with van der Waals surface area (Å²) in [7, 11) is 0. The van der Waals surface area contributed by atoms with Crippen LogP contribution in [-0.2, 0) is 16.1 Å². The zero-order valence-corrected chi connectivity index (χ0v) is 12.9. The number of carbonyl (C=O) groups is 2. The fraction of sp³-hybridized carbons (Fsp3) is 0.375. The lowest BCUT2D eigenvalue weighted by atomic mass is 10.2. The summed E-state index contributed by atoms with van der Waals surface area (Å²) in [5.41, 5.74) is -0.596. The minimum absolute atomic E-state index is 0.000273. The van der Waals surface area contributed by atoms with E-state index in [4.69, 9.17) is 5.11 Å². The number of carboxylic acids is 1. The number of H-pyrrole nitrogens is 1. The lowest BCUT2D eigenvalue weighted by molar-refractivity contribution is -0.148. The minimum Gasteiger partial charge on any atom is -0.480 e. The maximum atomic E-state index is 12.3. The van der Waals surface area contributed by atoms with Crippen LogP contribution in [0, 0.1) is 0 Å². The molecule has 1 amide bonds. The van der Waals surface area contributed by atoms with Crippen LogP contribution in [-0.4, -0.2) is 44.0 Å². The van der Waals surface area contributed by atoms with E-state index in [0.717, 1.165) is 0 Å². The van der Waals surface area contributed by atoms with Gasteiger partial charge in [-0.1, -0.05) is 12.1 Å². The van der Waals surface area contributed by atoms with E-state index in [0.29, 0.717) is 30.3 Å². The van der Waals surface area contributed by atoms with Crippen molar-refractivity contribution in [1.29, 1.82) is 0 Å². The molecule has 8 heteroatoms. The highest BCUT2D eigenvalue weighted by atomic mass is 16.4. The van der Waals surface area contributed by atoms with Crippen LogP contribution < -0.4 is 11.2 Å². The van der Waals surface area contributed by atoms with Crippen molar-refractivity contribution < 1.29 is 14.7 Å². The second kappa shape index (κ2) is 6.31. The Morgan fingerprint density at radius 2 is 2.00 bits per heavy atom. The number of likely N-dealkylation sites (tertiary alicyclic amines) is 1. The van der Waals surface area contributed by atoms with Crippen LogP contribution in [0.4, 0.5) is 0 Å². The Bertz CT molecular complexity index is 914. The smallest absolute Gasteiger partial charge is 0.328 e. The van der Waals surface area contributed by atoms with Crippen LogP contribution in [0.15, 0.2) is 33.9 Å². The average molecular weight is 331 g/mol. The van der Waals surface area contributed by atoms with E-state index in [1.807, 2.05) is 0 Å². The van der Waals surface area contributed by atoms with Gasteiger partial charge in [-0.2, -0.15) is 0 Å². The number of para-hydroxylation sites is 1. The molecule has 1 saturated heterocycles. The first-order valence-corrected chi connectivity index (χ1v) is 7.73. The highest BCUT2D eigenvalue weighted by Crippen LogP contribution is 2.18. The van der Waals surface area contributed by atoms with Crippen molar-refractivity contribution in [3.63, 3.8) is 0 Å². The number of carboxylic acid groups (broad SMARTS) is 1. The highest BCUT2D eigenvalue weighted by molar-refractivity contribution is 5.84. The Balaban J connectivity index is 1.84. The number of aliphatic carboxylic acids is 1. The van der Waals surface area contributed by atoms with Gasteiger partial charge in [0.2, 0.25) is 5.91 Å². The summed E-state index contributed by atoms with van der Waals surface area (Å²) in [6.07, 6.45) is 1.10. The van der Waals surface area contributed by atoms with E-state index in [1.165, 1.54) is 9.47 Å². The minimum atomic E-state index is -1.01. The van der Waals surface area contributed by atoms with Crippen LogP contribution in [0.2, 0.25) is 0 Å². The molecule has 1 aromatic carbocycles. The third-order valence-corrected chi connectivity index (χ3v) is 4.31. The molecule has 1 aliphatic rings. The Kier molecular flexibility index (Phi) is 4.20. The van der Waals surface area contributed by atoms with Crippen LogP contribution in [0.3, 0.4) is 0 Å². The fourth-order valence-corrected chi connectivity index (χ4v) is 3.14. The molecule has 0 spiro atoms. The number of aromatic amines is 1. The molecular weight excluding hydrogens is 314 g/mol. The quantitative estimate of drug-likeness (QED) is 0.828. The molecule has 1 fully saturated rings. The largest absolute Gasteiger partial charge is 0.480 e. The van der Waals surface area contributed by atoms with E-state index in [2.05, 4.69) is 4.98 Å². The number of benzene rings is 1. The summed E-state index contributed by atoms with van der Waals surface area (Å²) < 4.78 is 1.33. The molecule has 8 nitrogen and oxygen atoms in total. The Labute approximate surface area is 136 Å². The monoisotopic (exact) mass is 331 g/mol. The second-order valence-corrected chi connectivity index (χ2v) is 5.76. The molecule has 0 radical (unpaired) electrons. The predicted molar refractivity (Wildman–Crippen MR) is 85.8 cm³/mol. The standard InChI is InChI=1S/C16H17N3O5/c20-13(18-8-3-6-12(18)15(22)23)7-9-19-11-5-2-1-4-10(11)14(21)17-16(19)24/h1-2,4-5,12H,3,6-9H2,(H,22,23)(H,17,21,24)/t12-/m1/s1. The van der Waals surface area contributed by atoms with Crippen molar-refractivity contribution in [2.75, 3.05) is 6.54 Å². The topological polar surface area (TPSA) is 112 Å². The molecule has 3 rings (SSSR count). The summed E-state index contributed by atoms with van der Waals surface area (Å²) >= 11 is 0. The van der Waals surface area contributed by atoms with Gasteiger partial charge in [0.05, 0.1) is 10.9 Å². The second-order valence-electron chi connectivity index (χ2n) is 5.76. The molecule has 24 heavy (non-hydrogen) atoms. The van der Waals surface area contributed by atoms with Crippen LogP contribution in [0.1, 0.15) is 19.3 Å². The van der Waals surface area contributed by atoms with Gasteiger partial charge in [-0.3, -0.25) is 19.1 Å². The Morgan fingerprint density at radius 3 is 2.75 bits per heavy atom. The molecule has 0 aliphatic carbocycles. The number of hydrogen-bond donors (Lipinski definition) is 2. The number of hydrogen-bond acceptors (Lipinski definition) is 4. The first-order valence-electron chi connectivity index (χ1n) is 7.73. The molecular formula is C16H17N3O5.